The standard InChI is InChI=1S/C13H26N2O2/c1-13(2,3)17-12(16)15-9-11-6-4-10(8-14)5-7-11/h10-11H,4-9,14H2,1-3H3,(H,15,16). The van der Waals surface area contributed by atoms with Crippen LogP contribution in [0.2, 0.25) is 0 Å². The third-order valence-corrected chi connectivity index (χ3v) is 3.23. The van der Waals surface area contributed by atoms with Crippen molar-refractivity contribution in [2.45, 2.75) is 52.1 Å². The summed E-state index contributed by atoms with van der Waals surface area (Å²) in [6.45, 7) is 7.15. The van der Waals surface area contributed by atoms with Crippen molar-refractivity contribution in [3.8, 4) is 0 Å². The van der Waals surface area contributed by atoms with Gasteiger partial charge in [0.05, 0.1) is 0 Å². The Balaban J connectivity index is 2.17. The Hall–Kier alpha value is -0.770. The summed E-state index contributed by atoms with van der Waals surface area (Å²) in [6, 6.07) is 0. The van der Waals surface area contributed by atoms with Crippen LogP contribution in [-0.4, -0.2) is 24.8 Å². The van der Waals surface area contributed by atoms with E-state index in [1.807, 2.05) is 20.8 Å². The number of amides is 1. The Morgan fingerprint density at radius 1 is 1.24 bits per heavy atom. The van der Waals surface area contributed by atoms with Gasteiger partial charge < -0.3 is 15.8 Å². The van der Waals surface area contributed by atoms with Crippen LogP contribution in [0.25, 0.3) is 0 Å². The molecule has 0 bridgehead atoms. The predicted octanol–water partition coefficient (Wildman–Crippen LogP) is 2.28. The van der Waals surface area contributed by atoms with Gasteiger partial charge in [-0.1, -0.05) is 0 Å². The van der Waals surface area contributed by atoms with E-state index in [9.17, 15) is 4.79 Å². The molecule has 1 aliphatic rings. The monoisotopic (exact) mass is 242 g/mol. The van der Waals surface area contributed by atoms with Crippen LogP contribution in [0.5, 0.6) is 0 Å². The van der Waals surface area contributed by atoms with E-state index in [1.54, 1.807) is 0 Å². The maximum atomic E-state index is 11.5. The zero-order chi connectivity index (χ0) is 12.9. The number of rotatable bonds is 3. The third-order valence-electron chi connectivity index (χ3n) is 3.23. The van der Waals surface area contributed by atoms with E-state index in [0.717, 1.165) is 25.9 Å². The van der Waals surface area contributed by atoms with Crippen LogP contribution in [-0.2, 0) is 4.74 Å². The molecule has 17 heavy (non-hydrogen) atoms. The second-order valence-electron chi connectivity index (χ2n) is 6.01. The highest BCUT2D eigenvalue weighted by molar-refractivity contribution is 5.67. The lowest BCUT2D eigenvalue weighted by Crippen LogP contribution is -2.36. The van der Waals surface area contributed by atoms with Gasteiger partial charge in [-0.05, 0) is 64.8 Å². The van der Waals surface area contributed by atoms with Crippen molar-refractivity contribution in [3.05, 3.63) is 0 Å². The number of carbonyl (C=O) groups excluding carboxylic acids is 1. The van der Waals surface area contributed by atoms with Crippen LogP contribution in [0, 0.1) is 11.8 Å². The van der Waals surface area contributed by atoms with E-state index in [2.05, 4.69) is 5.32 Å². The largest absolute Gasteiger partial charge is 0.444 e. The lowest BCUT2D eigenvalue weighted by molar-refractivity contribution is 0.0513. The van der Waals surface area contributed by atoms with Crippen LogP contribution in [0.15, 0.2) is 0 Å². The molecule has 0 spiro atoms. The number of nitrogens with two attached hydrogens (primary N) is 1. The van der Waals surface area contributed by atoms with Gasteiger partial charge in [0.1, 0.15) is 5.60 Å². The quantitative estimate of drug-likeness (QED) is 0.798. The van der Waals surface area contributed by atoms with Gasteiger partial charge in [-0.15, -0.1) is 0 Å². The zero-order valence-electron chi connectivity index (χ0n) is 11.3. The molecule has 4 nitrogen and oxygen atoms in total. The number of nitrogens with one attached hydrogen (secondary N) is 1. The normalized spacial score (nSPS) is 25.4. The van der Waals surface area contributed by atoms with Crippen molar-refractivity contribution in [1.82, 2.24) is 5.32 Å². The number of carbonyl (C=O) groups is 1. The minimum atomic E-state index is -0.415. The first-order valence-corrected chi connectivity index (χ1v) is 6.57. The highest BCUT2D eigenvalue weighted by atomic mass is 16.6. The van der Waals surface area contributed by atoms with Gasteiger partial charge in [0.25, 0.3) is 0 Å². The smallest absolute Gasteiger partial charge is 0.407 e. The summed E-state index contributed by atoms with van der Waals surface area (Å²) in [5, 5.41) is 2.85. The maximum Gasteiger partial charge on any atom is 0.407 e. The first-order chi connectivity index (χ1) is 7.90. The fourth-order valence-corrected chi connectivity index (χ4v) is 2.21. The molecule has 0 heterocycles. The zero-order valence-corrected chi connectivity index (χ0v) is 11.3. The first kappa shape index (κ1) is 14.3. The van der Waals surface area contributed by atoms with E-state index in [-0.39, 0.29) is 6.09 Å². The minimum Gasteiger partial charge on any atom is -0.444 e. The number of hydrogen-bond donors (Lipinski definition) is 2. The summed E-state index contributed by atoms with van der Waals surface area (Å²) in [6.07, 6.45) is 4.40. The molecule has 0 aliphatic heterocycles. The molecule has 1 amide bonds. The lowest BCUT2D eigenvalue weighted by atomic mass is 9.82. The Bertz CT molecular complexity index is 240. The van der Waals surface area contributed by atoms with E-state index in [0.29, 0.717) is 11.8 Å². The molecule has 1 fully saturated rings. The van der Waals surface area contributed by atoms with Gasteiger partial charge in [0, 0.05) is 6.54 Å². The predicted molar refractivity (Wildman–Crippen MR) is 68.7 cm³/mol. The Labute approximate surface area is 104 Å². The highest BCUT2D eigenvalue weighted by Gasteiger charge is 2.21. The van der Waals surface area contributed by atoms with E-state index >= 15 is 0 Å². The average Bonchev–Trinajstić information content (AvgIpc) is 2.25. The molecular weight excluding hydrogens is 216 g/mol. The van der Waals surface area contributed by atoms with Crippen molar-refractivity contribution in [2.75, 3.05) is 13.1 Å². The summed E-state index contributed by atoms with van der Waals surface area (Å²) < 4.78 is 5.20. The molecule has 3 N–H and O–H groups in total. The maximum absolute atomic E-state index is 11.5. The van der Waals surface area contributed by atoms with Crippen LogP contribution in [0.3, 0.4) is 0 Å². The summed E-state index contributed by atoms with van der Waals surface area (Å²) in [4.78, 5) is 11.5. The molecule has 0 aromatic carbocycles. The van der Waals surface area contributed by atoms with Gasteiger partial charge in [0.2, 0.25) is 0 Å². The van der Waals surface area contributed by atoms with Crippen LogP contribution in [0.4, 0.5) is 4.79 Å². The second-order valence-corrected chi connectivity index (χ2v) is 6.01. The van der Waals surface area contributed by atoms with Gasteiger partial charge >= 0.3 is 6.09 Å². The number of ether oxygens (including phenoxy) is 1. The second kappa shape index (κ2) is 6.24. The summed E-state index contributed by atoms with van der Waals surface area (Å²) in [5.74, 6) is 1.28. The summed E-state index contributed by atoms with van der Waals surface area (Å²) >= 11 is 0. The fraction of sp³-hybridized carbons (Fsp3) is 0.923. The average molecular weight is 242 g/mol. The third kappa shape index (κ3) is 5.91. The molecule has 0 unspecified atom stereocenters. The molecule has 1 rings (SSSR count). The Morgan fingerprint density at radius 3 is 2.24 bits per heavy atom. The van der Waals surface area contributed by atoms with E-state index in [1.165, 1.54) is 12.8 Å². The minimum absolute atomic E-state index is 0.307. The molecule has 0 saturated heterocycles. The van der Waals surface area contributed by atoms with Gasteiger partial charge in [0.15, 0.2) is 0 Å². The molecule has 0 aromatic rings. The van der Waals surface area contributed by atoms with Crippen molar-refractivity contribution < 1.29 is 9.53 Å². The van der Waals surface area contributed by atoms with Gasteiger partial charge in [-0.3, -0.25) is 0 Å². The molecule has 0 radical (unpaired) electrons. The van der Waals surface area contributed by atoms with Crippen LogP contribution >= 0.6 is 0 Å². The molecule has 1 aliphatic carbocycles. The van der Waals surface area contributed by atoms with Gasteiger partial charge in [-0.25, -0.2) is 4.79 Å². The van der Waals surface area contributed by atoms with Crippen LogP contribution < -0.4 is 11.1 Å². The van der Waals surface area contributed by atoms with Crippen LogP contribution in [0.1, 0.15) is 46.5 Å². The molecule has 4 heteroatoms. The number of hydrogen-bond acceptors (Lipinski definition) is 3. The van der Waals surface area contributed by atoms with E-state index < -0.39 is 5.60 Å². The Morgan fingerprint density at radius 2 is 1.76 bits per heavy atom. The molecule has 0 atom stereocenters. The summed E-state index contributed by atoms with van der Waals surface area (Å²) in [7, 11) is 0. The van der Waals surface area contributed by atoms with Gasteiger partial charge in [-0.2, -0.15) is 0 Å². The number of alkyl carbamates (subject to hydrolysis) is 1. The topological polar surface area (TPSA) is 64.3 Å². The highest BCUT2D eigenvalue weighted by Crippen LogP contribution is 2.27. The molecule has 0 aromatic heterocycles. The molecule has 1 saturated carbocycles. The lowest BCUT2D eigenvalue weighted by Gasteiger charge is -2.28. The first-order valence-electron chi connectivity index (χ1n) is 6.57. The van der Waals surface area contributed by atoms with Crippen molar-refractivity contribution in [1.29, 1.82) is 0 Å². The molecular formula is C13H26N2O2. The van der Waals surface area contributed by atoms with Crippen molar-refractivity contribution in [2.24, 2.45) is 17.6 Å². The van der Waals surface area contributed by atoms with Crippen molar-refractivity contribution in [3.63, 3.8) is 0 Å². The molecule has 100 valence electrons. The van der Waals surface area contributed by atoms with Crippen molar-refractivity contribution >= 4 is 6.09 Å². The Kier molecular flexibility index (Phi) is 5.25. The summed E-state index contributed by atoms with van der Waals surface area (Å²) in [5.41, 5.74) is 5.24. The van der Waals surface area contributed by atoms with E-state index in [4.69, 9.17) is 10.5 Å². The SMILES string of the molecule is CC(C)(C)OC(=O)NCC1CCC(CN)CC1. The fourth-order valence-electron chi connectivity index (χ4n) is 2.21.